The van der Waals surface area contributed by atoms with Crippen molar-refractivity contribution in [3.8, 4) is 11.5 Å². The Hall–Kier alpha value is -2.50. The first-order valence-electron chi connectivity index (χ1n) is 6.25. The van der Waals surface area contributed by atoms with Gasteiger partial charge >= 0.3 is 0 Å². The summed E-state index contributed by atoms with van der Waals surface area (Å²) in [7, 11) is 3.03. The fraction of sp³-hybridized carbons (Fsp3) is 0.286. The zero-order valence-electron chi connectivity index (χ0n) is 11.7. The number of hydrogen-bond acceptors (Lipinski definition) is 4. The fourth-order valence-corrected chi connectivity index (χ4v) is 1.93. The molecule has 0 aliphatic heterocycles. The lowest BCUT2D eigenvalue weighted by Crippen LogP contribution is -2.14. The number of nitrogens with zero attached hydrogens (tertiary/aromatic N) is 1. The van der Waals surface area contributed by atoms with E-state index in [0.29, 0.717) is 22.9 Å². The van der Waals surface area contributed by atoms with Crippen LogP contribution in [0.1, 0.15) is 22.8 Å². The first-order chi connectivity index (χ1) is 9.71. The molecule has 2 N–H and O–H groups in total. The van der Waals surface area contributed by atoms with Gasteiger partial charge in [0.25, 0.3) is 5.91 Å². The molecule has 0 aliphatic rings. The van der Waals surface area contributed by atoms with E-state index in [0.717, 1.165) is 12.0 Å². The topological polar surface area (TPSA) is 76.2 Å². The molecule has 1 aromatic carbocycles. The Balaban J connectivity index is 2.30. The maximum atomic E-state index is 12.3. The number of anilines is 1. The van der Waals surface area contributed by atoms with Crippen molar-refractivity contribution in [2.75, 3.05) is 19.5 Å². The quantitative estimate of drug-likeness (QED) is 0.877. The lowest BCUT2D eigenvalue weighted by molar-refractivity contribution is 0.102. The van der Waals surface area contributed by atoms with E-state index in [4.69, 9.17) is 9.47 Å². The second-order valence-electron chi connectivity index (χ2n) is 4.12. The first-order valence-corrected chi connectivity index (χ1v) is 6.25. The van der Waals surface area contributed by atoms with Crippen LogP contribution in [0.2, 0.25) is 0 Å². The van der Waals surface area contributed by atoms with Gasteiger partial charge in [0.2, 0.25) is 0 Å². The Morgan fingerprint density at radius 3 is 2.80 bits per heavy atom. The van der Waals surface area contributed by atoms with E-state index in [1.54, 1.807) is 24.4 Å². The van der Waals surface area contributed by atoms with Gasteiger partial charge < -0.3 is 14.8 Å². The summed E-state index contributed by atoms with van der Waals surface area (Å²) < 4.78 is 10.4. The van der Waals surface area contributed by atoms with Crippen molar-refractivity contribution >= 4 is 11.7 Å². The molecule has 1 amide bonds. The van der Waals surface area contributed by atoms with Crippen LogP contribution in [0.5, 0.6) is 11.5 Å². The summed E-state index contributed by atoms with van der Waals surface area (Å²) in [5.41, 5.74) is 1.35. The summed E-state index contributed by atoms with van der Waals surface area (Å²) in [6.45, 7) is 1.99. The lowest BCUT2D eigenvalue weighted by Gasteiger charge is -2.12. The number of methoxy groups -OCH3 is 2. The van der Waals surface area contributed by atoms with Gasteiger partial charge in [-0.1, -0.05) is 13.0 Å². The second kappa shape index (κ2) is 6.10. The van der Waals surface area contributed by atoms with Gasteiger partial charge in [-0.25, -0.2) is 0 Å². The molecule has 0 saturated heterocycles. The highest BCUT2D eigenvalue weighted by Gasteiger charge is 2.17. The van der Waals surface area contributed by atoms with E-state index in [2.05, 4.69) is 15.5 Å². The average molecular weight is 275 g/mol. The number of rotatable bonds is 5. The molecule has 1 aromatic heterocycles. The number of aromatic nitrogens is 2. The number of carbonyl (C=O) groups is 1. The van der Waals surface area contributed by atoms with Crippen LogP contribution in [0.25, 0.3) is 0 Å². The van der Waals surface area contributed by atoms with E-state index >= 15 is 0 Å². The molecule has 0 spiro atoms. The molecule has 6 nitrogen and oxygen atoms in total. The summed E-state index contributed by atoms with van der Waals surface area (Å²) >= 11 is 0. The highest BCUT2D eigenvalue weighted by atomic mass is 16.5. The number of aryl methyl sites for hydroxylation is 1. The molecular formula is C14H17N3O3. The van der Waals surface area contributed by atoms with Crippen molar-refractivity contribution in [3.05, 3.63) is 35.5 Å². The highest BCUT2D eigenvalue weighted by molar-refractivity contribution is 6.06. The number of carbonyl (C=O) groups excluding carboxylic acids is 1. The van der Waals surface area contributed by atoms with E-state index in [9.17, 15) is 4.79 Å². The van der Waals surface area contributed by atoms with Crippen molar-refractivity contribution in [1.82, 2.24) is 10.2 Å². The van der Waals surface area contributed by atoms with Gasteiger partial charge in [0.05, 0.1) is 26.0 Å². The SMILES string of the molecule is CCc1cn[nH]c1NC(=O)c1cccc(OC)c1OC. The van der Waals surface area contributed by atoms with Gasteiger partial charge in [0, 0.05) is 5.56 Å². The third kappa shape index (κ3) is 2.59. The van der Waals surface area contributed by atoms with E-state index in [1.165, 1.54) is 14.2 Å². The lowest BCUT2D eigenvalue weighted by atomic mass is 10.1. The number of nitrogens with one attached hydrogen (secondary N) is 2. The van der Waals surface area contributed by atoms with Gasteiger partial charge in [-0.2, -0.15) is 5.10 Å². The van der Waals surface area contributed by atoms with Crippen LogP contribution in [-0.4, -0.2) is 30.3 Å². The van der Waals surface area contributed by atoms with Gasteiger partial charge in [-0.15, -0.1) is 0 Å². The molecule has 20 heavy (non-hydrogen) atoms. The van der Waals surface area contributed by atoms with E-state index in [1.807, 2.05) is 6.92 Å². The van der Waals surface area contributed by atoms with Crippen molar-refractivity contribution in [1.29, 1.82) is 0 Å². The van der Waals surface area contributed by atoms with Crippen LogP contribution in [0.3, 0.4) is 0 Å². The number of aromatic amines is 1. The molecule has 0 atom stereocenters. The molecule has 0 bridgehead atoms. The molecule has 2 aromatic rings. The minimum Gasteiger partial charge on any atom is -0.493 e. The zero-order chi connectivity index (χ0) is 14.5. The Morgan fingerprint density at radius 2 is 2.15 bits per heavy atom. The summed E-state index contributed by atoms with van der Waals surface area (Å²) in [4.78, 5) is 12.3. The van der Waals surface area contributed by atoms with Crippen LogP contribution >= 0.6 is 0 Å². The standard InChI is InChI=1S/C14H17N3O3/c1-4-9-8-15-17-13(9)16-14(18)10-6-5-7-11(19-2)12(10)20-3/h5-8H,4H2,1-3H3,(H2,15,16,17,18). The summed E-state index contributed by atoms with van der Waals surface area (Å²) in [5.74, 6) is 1.24. The smallest absolute Gasteiger partial charge is 0.260 e. The van der Waals surface area contributed by atoms with Gasteiger partial charge in [0.15, 0.2) is 11.5 Å². The molecule has 0 radical (unpaired) electrons. The number of ether oxygens (including phenoxy) is 2. The first kappa shape index (κ1) is 13.9. The van der Waals surface area contributed by atoms with Crippen molar-refractivity contribution in [3.63, 3.8) is 0 Å². The van der Waals surface area contributed by atoms with Gasteiger partial charge in [-0.05, 0) is 18.6 Å². The third-order valence-corrected chi connectivity index (χ3v) is 2.98. The molecule has 0 saturated carbocycles. The number of benzene rings is 1. The minimum absolute atomic E-state index is 0.278. The number of amides is 1. The van der Waals surface area contributed by atoms with Crippen LogP contribution in [-0.2, 0) is 6.42 Å². The van der Waals surface area contributed by atoms with Crippen LogP contribution in [0.15, 0.2) is 24.4 Å². The van der Waals surface area contributed by atoms with Gasteiger partial charge in [0.1, 0.15) is 5.82 Å². The largest absolute Gasteiger partial charge is 0.493 e. The molecule has 1 heterocycles. The Kier molecular flexibility index (Phi) is 4.24. The van der Waals surface area contributed by atoms with E-state index < -0.39 is 0 Å². The third-order valence-electron chi connectivity index (χ3n) is 2.98. The molecule has 6 heteroatoms. The molecule has 0 unspecified atom stereocenters. The van der Waals surface area contributed by atoms with Crippen LogP contribution in [0, 0.1) is 0 Å². The molecule has 106 valence electrons. The normalized spacial score (nSPS) is 10.2. The molecule has 0 fully saturated rings. The van der Waals surface area contributed by atoms with Crippen molar-refractivity contribution < 1.29 is 14.3 Å². The maximum Gasteiger partial charge on any atom is 0.260 e. The van der Waals surface area contributed by atoms with Crippen molar-refractivity contribution in [2.45, 2.75) is 13.3 Å². The van der Waals surface area contributed by atoms with Crippen LogP contribution < -0.4 is 14.8 Å². The van der Waals surface area contributed by atoms with Crippen molar-refractivity contribution in [2.24, 2.45) is 0 Å². The van der Waals surface area contributed by atoms with Gasteiger partial charge in [-0.3, -0.25) is 9.89 Å². The Bertz CT molecular complexity index is 607. The Morgan fingerprint density at radius 1 is 1.35 bits per heavy atom. The molecular weight excluding hydrogens is 258 g/mol. The minimum atomic E-state index is -0.278. The zero-order valence-corrected chi connectivity index (χ0v) is 11.7. The summed E-state index contributed by atoms with van der Waals surface area (Å²) in [5, 5.41) is 9.48. The number of H-pyrrole nitrogens is 1. The summed E-state index contributed by atoms with van der Waals surface area (Å²) in [6.07, 6.45) is 2.47. The number of para-hydroxylation sites is 1. The molecule has 0 aliphatic carbocycles. The predicted octanol–water partition coefficient (Wildman–Crippen LogP) is 2.24. The predicted molar refractivity (Wildman–Crippen MR) is 75.5 cm³/mol. The van der Waals surface area contributed by atoms with Crippen LogP contribution in [0.4, 0.5) is 5.82 Å². The Labute approximate surface area is 117 Å². The monoisotopic (exact) mass is 275 g/mol. The average Bonchev–Trinajstić information content (AvgIpc) is 2.93. The highest BCUT2D eigenvalue weighted by Crippen LogP contribution is 2.31. The van der Waals surface area contributed by atoms with E-state index in [-0.39, 0.29) is 5.91 Å². The number of hydrogen-bond donors (Lipinski definition) is 2. The second-order valence-corrected chi connectivity index (χ2v) is 4.12. The summed E-state index contributed by atoms with van der Waals surface area (Å²) in [6, 6.07) is 5.16. The molecule has 2 rings (SSSR count). The maximum absolute atomic E-state index is 12.3. The fourth-order valence-electron chi connectivity index (χ4n) is 1.93.